The molecule has 6 heteroatoms. The Morgan fingerprint density at radius 2 is 1.59 bits per heavy atom. The average molecular weight is 438 g/mol. The first kappa shape index (κ1) is 23.8. The number of phenolic OH excluding ortho intramolecular Hbond substituents is 2. The van der Waals surface area contributed by atoms with Gasteiger partial charge >= 0.3 is 0 Å². The van der Waals surface area contributed by atoms with Crippen LogP contribution in [0.25, 0.3) is 6.08 Å². The molecule has 3 rings (SSSR count). The lowest BCUT2D eigenvalue weighted by atomic mass is 9.79. The molecule has 0 spiro atoms. The lowest BCUT2D eigenvalue weighted by Crippen LogP contribution is -2.38. The molecule has 2 aromatic carbocycles. The third-order valence-corrected chi connectivity index (χ3v) is 5.98. The van der Waals surface area contributed by atoms with Gasteiger partial charge in [-0.25, -0.2) is 0 Å². The standard InChI is InChI=1S/C26H35N3O3/c1-25(2,3)17-11-16(23(31)19(13-17)26(4,5)6)12-21-22(28)20(27)14-29(21)24(32)15-7-9-18(30)10-8-15/h7-13,20,22,30-31H,14,27-28H2,1-6H3. The van der Waals surface area contributed by atoms with Crippen molar-refractivity contribution < 1.29 is 15.0 Å². The molecule has 1 aliphatic rings. The lowest BCUT2D eigenvalue weighted by Gasteiger charge is -2.27. The van der Waals surface area contributed by atoms with Gasteiger partial charge in [-0.15, -0.1) is 0 Å². The van der Waals surface area contributed by atoms with E-state index in [4.69, 9.17) is 11.5 Å². The molecule has 2 unspecified atom stereocenters. The molecule has 0 aromatic heterocycles. The van der Waals surface area contributed by atoms with Crippen molar-refractivity contribution in [1.82, 2.24) is 4.90 Å². The first-order valence-corrected chi connectivity index (χ1v) is 10.9. The molecule has 32 heavy (non-hydrogen) atoms. The Balaban J connectivity index is 2.15. The van der Waals surface area contributed by atoms with Gasteiger partial charge in [-0.1, -0.05) is 47.6 Å². The molecule has 0 radical (unpaired) electrons. The first-order valence-electron chi connectivity index (χ1n) is 10.9. The fraction of sp³-hybridized carbons (Fsp3) is 0.423. The van der Waals surface area contributed by atoms with Crippen molar-refractivity contribution in [3.8, 4) is 11.5 Å². The quantitative estimate of drug-likeness (QED) is 0.570. The number of likely N-dealkylation sites (tertiary alicyclic amines) is 1. The number of carbonyl (C=O) groups is 1. The molecule has 2 atom stereocenters. The van der Waals surface area contributed by atoms with E-state index in [0.717, 1.165) is 11.1 Å². The van der Waals surface area contributed by atoms with Crippen molar-refractivity contribution in [2.45, 2.75) is 64.5 Å². The van der Waals surface area contributed by atoms with Gasteiger partial charge in [0.2, 0.25) is 0 Å². The topological polar surface area (TPSA) is 113 Å². The van der Waals surface area contributed by atoms with Crippen LogP contribution in [0.15, 0.2) is 42.1 Å². The molecule has 1 heterocycles. The summed E-state index contributed by atoms with van der Waals surface area (Å²) < 4.78 is 0. The van der Waals surface area contributed by atoms with Crippen molar-refractivity contribution in [2.75, 3.05) is 6.54 Å². The van der Waals surface area contributed by atoms with Crippen LogP contribution in [0.3, 0.4) is 0 Å². The SMILES string of the molecule is CC(C)(C)c1cc(C=C2C(N)C(N)CN2C(=O)c2ccc(O)cc2)c(O)c(C(C)(C)C)c1. The third kappa shape index (κ3) is 4.66. The summed E-state index contributed by atoms with van der Waals surface area (Å²) in [6.07, 6.45) is 1.79. The van der Waals surface area contributed by atoms with E-state index < -0.39 is 12.1 Å². The van der Waals surface area contributed by atoms with Crippen molar-refractivity contribution in [3.05, 3.63) is 64.3 Å². The van der Waals surface area contributed by atoms with E-state index in [9.17, 15) is 15.0 Å². The van der Waals surface area contributed by atoms with Gasteiger partial charge in [-0.3, -0.25) is 4.79 Å². The molecule has 1 amide bonds. The van der Waals surface area contributed by atoms with Crippen LogP contribution in [0, 0.1) is 0 Å². The van der Waals surface area contributed by atoms with Crippen LogP contribution in [0.5, 0.6) is 11.5 Å². The normalized spacial score (nSPS) is 20.8. The van der Waals surface area contributed by atoms with Crippen LogP contribution in [0.2, 0.25) is 0 Å². The number of benzene rings is 2. The zero-order valence-electron chi connectivity index (χ0n) is 19.8. The van der Waals surface area contributed by atoms with Crippen LogP contribution in [-0.4, -0.2) is 39.6 Å². The number of nitrogens with two attached hydrogens (primary N) is 2. The maximum absolute atomic E-state index is 13.2. The summed E-state index contributed by atoms with van der Waals surface area (Å²) in [7, 11) is 0. The van der Waals surface area contributed by atoms with Crippen LogP contribution in [-0.2, 0) is 10.8 Å². The summed E-state index contributed by atoms with van der Waals surface area (Å²) in [6, 6.07) is 9.12. The maximum Gasteiger partial charge on any atom is 0.258 e. The first-order chi connectivity index (χ1) is 14.7. The van der Waals surface area contributed by atoms with Gasteiger partial charge in [0.1, 0.15) is 11.5 Å². The Labute approximate surface area is 190 Å². The number of carbonyl (C=O) groups excluding carboxylic acids is 1. The monoisotopic (exact) mass is 437 g/mol. The molecule has 6 nitrogen and oxygen atoms in total. The van der Waals surface area contributed by atoms with Crippen LogP contribution in [0.1, 0.15) is 68.6 Å². The predicted octanol–water partition coefficient (Wildman–Crippen LogP) is 3.84. The van der Waals surface area contributed by atoms with Gasteiger partial charge in [0.25, 0.3) is 5.91 Å². The number of phenols is 2. The molecule has 1 aliphatic heterocycles. The molecule has 0 bridgehead atoms. The summed E-state index contributed by atoms with van der Waals surface area (Å²) in [4.78, 5) is 14.8. The Morgan fingerprint density at radius 3 is 2.12 bits per heavy atom. The highest BCUT2D eigenvalue weighted by molar-refractivity contribution is 5.96. The number of hydrogen-bond donors (Lipinski definition) is 4. The highest BCUT2D eigenvalue weighted by atomic mass is 16.3. The van der Waals surface area contributed by atoms with E-state index in [1.807, 2.05) is 6.07 Å². The van der Waals surface area contributed by atoms with E-state index >= 15 is 0 Å². The van der Waals surface area contributed by atoms with E-state index in [-0.39, 0.29) is 34.8 Å². The fourth-order valence-electron chi connectivity index (χ4n) is 3.89. The Morgan fingerprint density at radius 1 is 1.00 bits per heavy atom. The Bertz CT molecular complexity index is 1040. The second-order valence-electron chi connectivity index (χ2n) is 10.7. The lowest BCUT2D eigenvalue weighted by molar-refractivity contribution is 0.0823. The smallest absolute Gasteiger partial charge is 0.258 e. The van der Waals surface area contributed by atoms with E-state index in [1.165, 1.54) is 12.1 Å². The Hall–Kier alpha value is -2.83. The molecule has 0 saturated carbocycles. The molecule has 172 valence electrons. The summed E-state index contributed by atoms with van der Waals surface area (Å²) in [5.74, 6) is 0.0237. The number of rotatable bonds is 2. The largest absolute Gasteiger partial charge is 0.508 e. The number of nitrogens with zero attached hydrogens (tertiary/aromatic N) is 1. The minimum absolute atomic E-state index is 0.0887. The van der Waals surface area contributed by atoms with Gasteiger partial charge in [0, 0.05) is 35.0 Å². The van der Waals surface area contributed by atoms with E-state index in [1.54, 1.807) is 23.1 Å². The van der Waals surface area contributed by atoms with E-state index in [2.05, 4.69) is 47.6 Å². The maximum atomic E-state index is 13.2. The molecular formula is C26H35N3O3. The molecule has 1 fully saturated rings. The minimum atomic E-state index is -0.549. The fourth-order valence-corrected chi connectivity index (χ4v) is 3.89. The van der Waals surface area contributed by atoms with Crippen LogP contribution < -0.4 is 11.5 Å². The second-order valence-corrected chi connectivity index (χ2v) is 10.7. The Kier molecular flexibility index (Phi) is 6.15. The van der Waals surface area contributed by atoms with Gasteiger partial charge in [-0.05, 0) is 52.8 Å². The summed E-state index contributed by atoms with van der Waals surface area (Å²) in [6.45, 7) is 12.8. The molecular weight excluding hydrogens is 402 g/mol. The summed E-state index contributed by atoms with van der Waals surface area (Å²) >= 11 is 0. The van der Waals surface area contributed by atoms with E-state index in [0.29, 0.717) is 16.8 Å². The van der Waals surface area contributed by atoms with Crippen molar-refractivity contribution in [1.29, 1.82) is 0 Å². The van der Waals surface area contributed by atoms with Gasteiger partial charge in [-0.2, -0.15) is 0 Å². The van der Waals surface area contributed by atoms with Crippen LogP contribution in [0.4, 0.5) is 0 Å². The van der Waals surface area contributed by atoms with Crippen molar-refractivity contribution in [2.24, 2.45) is 11.5 Å². The zero-order valence-corrected chi connectivity index (χ0v) is 19.8. The number of amides is 1. The summed E-state index contributed by atoms with van der Waals surface area (Å²) in [5.41, 5.74) is 15.7. The van der Waals surface area contributed by atoms with Crippen molar-refractivity contribution in [3.63, 3.8) is 0 Å². The second kappa shape index (κ2) is 8.26. The van der Waals surface area contributed by atoms with Gasteiger partial charge in [0.15, 0.2) is 0 Å². The molecule has 0 aliphatic carbocycles. The molecule has 2 aromatic rings. The predicted molar refractivity (Wildman–Crippen MR) is 129 cm³/mol. The van der Waals surface area contributed by atoms with Gasteiger partial charge < -0.3 is 26.6 Å². The van der Waals surface area contributed by atoms with Gasteiger partial charge in [0.05, 0.1) is 6.04 Å². The van der Waals surface area contributed by atoms with Crippen LogP contribution >= 0.6 is 0 Å². The average Bonchev–Trinajstić information content (AvgIpc) is 2.96. The number of hydrogen-bond acceptors (Lipinski definition) is 5. The highest BCUT2D eigenvalue weighted by Crippen LogP contribution is 2.39. The zero-order chi connectivity index (χ0) is 24.0. The third-order valence-electron chi connectivity index (χ3n) is 5.98. The number of aromatic hydroxyl groups is 2. The van der Waals surface area contributed by atoms with Crippen molar-refractivity contribution >= 4 is 12.0 Å². The summed E-state index contributed by atoms with van der Waals surface area (Å²) in [5, 5.41) is 20.7. The highest BCUT2D eigenvalue weighted by Gasteiger charge is 2.36. The minimum Gasteiger partial charge on any atom is -0.508 e. The molecule has 6 N–H and O–H groups in total. The molecule has 1 saturated heterocycles.